The molecule has 0 saturated carbocycles. The molecule has 0 amide bonds. The lowest BCUT2D eigenvalue weighted by atomic mass is 9.92. The van der Waals surface area contributed by atoms with Crippen molar-refractivity contribution in [2.24, 2.45) is 5.92 Å². The largest absolute Gasteiger partial charge is 0.379 e. The van der Waals surface area contributed by atoms with Crippen LogP contribution in [0, 0.1) is 18.7 Å². The fraction of sp³-hybridized carbons (Fsp3) is 0.600. The molecule has 0 fully saturated rings. The second-order valence-electron chi connectivity index (χ2n) is 4.99. The summed E-state index contributed by atoms with van der Waals surface area (Å²) in [6, 6.07) is 5.36. The molecule has 0 spiro atoms. The van der Waals surface area contributed by atoms with Gasteiger partial charge >= 0.3 is 0 Å². The number of hydrogen-bond acceptors (Lipinski definition) is 2. The van der Waals surface area contributed by atoms with E-state index in [-0.39, 0.29) is 18.0 Å². The van der Waals surface area contributed by atoms with Gasteiger partial charge in [0, 0.05) is 7.11 Å². The maximum atomic E-state index is 13.3. The predicted octanol–water partition coefficient (Wildman–Crippen LogP) is 3.46. The summed E-state index contributed by atoms with van der Waals surface area (Å²) in [7, 11) is 1.73. The third-order valence-corrected chi connectivity index (χ3v) is 3.22. The summed E-state index contributed by atoms with van der Waals surface area (Å²) in [5.74, 6) is 0.233. The molecule has 102 valence electrons. The molecule has 3 heteroatoms. The first-order valence-electron chi connectivity index (χ1n) is 6.53. The normalized spacial score (nSPS) is 14.8. The molecule has 1 aromatic carbocycles. The van der Waals surface area contributed by atoms with Crippen LogP contribution in [0.5, 0.6) is 0 Å². The molecule has 0 aliphatic carbocycles. The lowest BCUT2D eigenvalue weighted by Crippen LogP contribution is -2.36. The van der Waals surface area contributed by atoms with E-state index in [0.717, 1.165) is 12.1 Å². The Morgan fingerprint density at radius 1 is 1.33 bits per heavy atom. The van der Waals surface area contributed by atoms with E-state index in [1.807, 2.05) is 12.1 Å². The van der Waals surface area contributed by atoms with Gasteiger partial charge in [0.1, 0.15) is 5.82 Å². The number of hydrogen-bond donors (Lipinski definition) is 1. The summed E-state index contributed by atoms with van der Waals surface area (Å²) in [6.45, 7) is 8.98. The third kappa shape index (κ3) is 3.53. The van der Waals surface area contributed by atoms with Crippen LogP contribution in [0.3, 0.4) is 0 Å². The molecule has 0 heterocycles. The second kappa shape index (κ2) is 6.86. The first kappa shape index (κ1) is 15.1. The molecule has 0 aliphatic rings. The van der Waals surface area contributed by atoms with Crippen LogP contribution >= 0.6 is 0 Å². The third-order valence-electron chi connectivity index (χ3n) is 3.22. The van der Waals surface area contributed by atoms with E-state index < -0.39 is 0 Å². The van der Waals surface area contributed by atoms with Crippen LogP contribution in [0.1, 0.15) is 37.9 Å². The Morgan fingerprint density at radius 3 is 2.44 bits per heavy atom. The van der Waals surface area contributed by atoms with Gasteiger partial charge in [-0.2, -0.15) is 0 Å². The number of ether oxygens (including phenoxy) is 1. The Hall–Kier alpha value is -0.930. The molecular formula is C15H24FNO. The fourth-order valence-electron chi connectivity index (χ4n) is 2.30. The smallest absolute Gasteiger partial charge is 0.126 e. The molecule has 1 rings (SSSR count). The van der Waals surface area contributed by atoms with E-state index in [0.29, 0.717) is 11.5 Å². The standard InChI is InChI=1S/C15H24FNO/c1-6-17-14(15(18-5)10(2)3)12-7-8-13(16)11(4)9-12/h7-10,14-15,17H,6H2,1-5H3. The number of methoxy groups -OCH3 is 1. The fourth-order valence-corrected chi connectivity index (χ4v) is 2.30. The number of halogens is 1. The Morgan fingerprint density at radius 2 is 2.00 bits per heavy atom. The molecule has 2 unspecified atom stereocenters. The lowest BCUT2D eigenvalue weighted by molar-refractivity contribution is 0.0330. The minimum Gasteiger partial charge on any atom is -0.379 e. The SMILES string of the molecule is CCNC(c1ccc(F)c(C)c1)C(OC)C(C)C. The van der Waals surface area contributed by atoms with E-state index in [1.165, 1.54) is 6.07 Å². The van der Waals surface area contributed by atoms with Crippen molar-refractivity contribution in [3.63, 3.8) is 0 Å². The molecule has 0 radical (unpaired) electrons. The van der Waals surface area contributed by atoms with Crippen molar-refractivity contribution in [2.75, 3.05) is 13.7 Å². The summed E-state index contributed by atoms with van der Waals surface area (Å²) >= 11 is 0. The Kier molecular flexibility index (Phi) is 5.76. The van der Waals surface area contributed by atoms with E-state index in [2.05, 4.69) is 26.1 Å². The van der Waals surface area contributed by atoms with E-state index in [1.54, 1.807) is 14.0 Å². The highest BCUT2D eigenvalue weighted by Gasteiger charge is 2.25. The van der Waals surface area contributed by atoms with Crippen molar-refractivity contribution in [2.45, 2.75) is 39.8 Å². The highest BCUT2D eigenvalue weighted by molar-refractivity contribution is 5.27. The van der Waals surface area contributed by atoms with Gasteiger partial charge in [0.15, 0.2) is 0 Å². The van der Waals surface area contributed by atoms with Gasteiger partial charge in [0.25, 0.3) is 0 Å². The average Bonchev–Trinajstić information content (AvgIpc) is 2.32. The van der Waals surface area contributed by atoms with E-state index in [4.69, 9.17) is 4.74 Å². The summed E-state index contributed by atoms with van der Waals surface area (Å²) in [5, 5.41) is 3.43. The predicted molar refractivity (Wildman–Crippen MR) is 73.2 cm³/mol. The zero-order valence-corrected chi connectivity index (χ0v) is 12.0. The number of likely N-dealkylation sites (N-methyl/N-ethyl adjacent to an activating group) is 1. The van der Waals surface area contributed by atoms with Crippen molar-refractivity contribution in [3.8, 4) is 0 Å². The van der Waals surface area contributed by atoms with E-state index >= 15 is 0 Å². The van der Waals surface area contributed by atoms with Gasteiger partial charge < -0.3 is 10.1 Å². The van der Waals surface area contributed by atoms with Crippen molar-refractivity contribution >= 4 is 0 Å². The van der Waals surface area contributed by atoms with Gasteiger partial charge in [0.2, 0.25) is 0 Å². The first-order valence-corrected chi connectivity index (χ1v) is 6.53. The Bertz CT molecular complexity index is 379. The summed E-state index contributed by atoms with van der Waals surface area (Å²) < 4.78 is 18.9. The number of aryl methyl sites for hydroxylation is 1. The molecule has 0 bridgehead atoms. The van der Waals surface area contributed by atoms with Crippen LogP contribution in [-0.2, 0) is 4.74 Å². The minimum absolute atomic E-state index is 0.0785. The molecule has 18 heavy (non-hydrogen) atoms. The Balaban J connectivity index is 3.06. The van der Waals surface area contributed by atoms with E-state index in [9.17, 15) is 4.39 Å². The average molecular weight is 253 g/mol. The summed E-state index contributed by atoms with van der Waals surface area (Å²) in [4.78, 5) is 0. The van der Waals surface area contributed by atoms with Crippen molar-refractivity contribution < 1.29 is 9.13 Å². The van der Waals surface area contributed by atoms with Crippen LogP contribution in [-0.4, -0.2) is 19.8 Å². The highest BCUT2D eigenvalue weighted by atomic mass is 19.1. The second-order valence-corrected chi connectivity index (χ2v) is 4.99. The van der Waals surface area contributed by atoms with Gasteiger partial charge in [-0.25, -0.2) is 4.39 Å². The topological polar surface area (TPSA) is 21.3 Å². The van der Waals surface area contributed by atoms with Crippen LogP contribution in [0.15, 0.2) is 18.2 Å². The molecule has 2 nitrogen and oxygen atoms in total. The van der Waals surface area contributed by atoms with Gasteiger partial charge in [0.05, 0.1) is 12.1 Å². The van der Waals surface area contributed by atoms with Crippen molar-refractivity contribution in [1.29, 1.82) is 0 Å². The van der Waals surface area contributed by atoms with Crippen molar-refractivity contribution in [3.05, 3.63) is 35.1 Å². The zero-order chi connectivity index (χ0) is 13.7. The minimum atomic E-state index is -0.160. The maximum absolute atomic E-state index is 13.3. The quantitative estimate of drug-likeness (QED) is 0.838. The summed E-state index contributed by atoms with van der Waals surface area (Å²) in [5.41, 5.74) is 1.75. The number of rotatable bonds is 6. The number of nitrogens with one attached hydrogen (secondary N) is 1. The molecule has 0 aliphatic heterocycles. The molecule has 1 N–H and O–H groups in total. The van der Waals surface area contributed by atoms with Crippen LogP contribution in [0.4, 0.5) is 4.39 Å². The summed E-state index contributed by atoms with van der Waals surface area (Å²) in [6.07, 6.45) is 0.0785. The first-order chi connectivity index (χ1) is 8.51. The number of benzene rings is 1. The van der Waals surface area contributed by atoms with Crippen LogP contribution in [0.25, 0.3) is 0 Å². The maximum Gasteiger partial charge on any atom is 0.126 e. The molecule has 0 aromatic heterocycles. The van der Waals surface area contributed by atoms with Gasteiger partial charge in [-0.3, -0.25) is 0 Å². The Labute approximate surface area is 110 Å². The van der Waals surface area contributed by atoms with Crippen LogP contribution in [0.2, 0.25) is 0 Å². The molecule has 2 atom stereocenters. The van der Waals surface area contributed by atoms with Gasteiger partial charge in [-0.1, -0.05) is 32.9 Å². The van der Waals surface area contributed by atoms with Gasteiger partial charge in [-0.05, 0) is 36.6 Å². The molecule has 0 saturated heterocycles. The molecule has 1 aromatic rings. The van der Waals surface area contributed by atoms with Crippen molar-refractivity contribution in [1.82, 2.24) is 5.32 Å². The zero-order valence-electron chi connectivity index (χ0n) is 12.0. The van der Waals surface area contributed by atoms with Gasteiger partial charge in [-0.15, -0.1) is 0 Å². The van der Waals surface area contributed by atoms with Crippen LogP contribution < -0.4 is 5.32 Å². The monoisotopic (exact) mass is 253 g/mol. The molecular weight excluding hydrogens is 229 g/mol. The lowest BCUT2D eigenvalue weighted by Gasteiger charge is -2.30. The highest BCUT2D eigenvalue weighted by Crippen LogP contribution is 2.25.